The number of aromatic nitrogens is 2. The number of nitrogens with zero attached hydrogens (tertiary/aromatic N) is 3. The van der Waals surface area contributed by atoms with E-state index < -0.39 is 0 Å². The molecule has 1 heterocycles. The van der Waals surface area contributed by atoms with Gasteiger partial charge in [-0.1, -0.05) is 26.0 Å². The summed E-state index contributed by atoms with van der Waals surface area (Å²) >= 11 is 0. The summed E-state index contributed by atoms with van der Waals surface area (Å²) < 4.78 is 12.9. The molecule has 2 rings (SSSR count). The van der Waals surface area contributed by atoms with Crippen molar-refractivity contribution in [2.45, 2.75) is 33.1 Å². The monoisotopic (exact) mass is 344 g/mol. The van der Waals surface area contributed by atoms with E-state index in [4.69, 9.17) is 0 Å². The first-order valence-corrected chi connectivity index (χ1v) is 8.74. The first kappa shape index (κ1) is 18.8. The zero-order valence-corrected chi connectivity index (χ0v) is 14.8. The summed E-state index contributed by atoms with van der Waals surface area (Å²) in [5.41, 5.74) is 1.34. The van der Waals surface area contributed by atoms with Crippen LogP contribution >= 0.6 is 0 Å². The number of carbonyl (C=O) groups is 1. The molecule has 1 aromatic carbocycles. The van der Waals surface area contributed by atoms with Gasteiger partial charge < -0.3 is 10.2 Å². The number of rotatable bonds is 9. The van der Waals surface area contributed by atoms with E-state index in [0.29, 0.717) is 24.6 Å². The highest BCUT2D eigenvalue weighted by Gasteiger charge is 2.12. The molecule has 0 fully saturated rings. The predicted octanol–water partition coefficient (Wildman–Crippen LogP) is 3.21. The number of amides is 1. The van der Waals surface area contributed by atoms with E-state index in [2.05, 4.69) is 34.0 Å². The van der Waals surface area contributed by atoms with Crippen LogP contribution in [0.3, 0.4) is 0 Å². The van der Waals surface area contributed by atoms with Crippen LogP contribution in [0, 0.1) is 5.82 Å². The van der Waals surface area contributed by atoms with Crippen LogP contribution in [-0.2, 0) is 6.42 Å². The highest BCUT2D eigenvalue weighted by Crippen LogP contribution is 2.09. The number of benzene rings is 1. The van der Waals surface area contributed by atoms with Crippen LogP contribution in [0.1, 0.15) is 42.7 Å². The van der Waals surface area contributed by atoms with E-state index in [1.807, 2.05) is 0 Å². The van der Waals surface area contributed by atoms with Gasteiger partial charge in [-0.3, -0.25) is 4.79 Å². The molecule has 0 unspecified atom stereocenters. The van der Waals surface area contributed by atoms with Gasteiger partial charge in [-0.2, -0.15) is 0 Å². The van der Waals surface area contributed by atoms with Crippen LogP contribution in [-0.4, -0.2) is 35.5 Å². The Kier molecular flexibility index (Phi) is 7.32. The molecular weight excluding hydrogens is 319 g/mol. The molecule has 1 aromatic heterocycles. The standard InChI is InChI=1S/C19H25FN4O/c1-3-13-24(14-4-2)19-22-12-10-17(23-19)18(25)21-11-9-15-5-7-16(20)8-6-15/h5-8,10,12H,3-4,9,11,13-14H2,1-2H3,(H,21,25). The van der Waals surface area contributed by atoms with Gasteiger partial charge >= 0.3 is 0 Å². The summed E-state index contributed by atoms with van der Waals surface area (Å²) in [7, 11) is 0. The fraction of sp³-hybridized carbons (Fsp3) is 0.421. The lowest BCUT2D eigenvalue weighted by atomic mass is 10.1. The first-order valence-electron chi connectivity index (χ1n) is 8.74. The minimum absolute atomic E-state index is 0.223. The van der Waals surface area contributed by atoms with Crippen molar-refractivity contribution in [2.24, 2.45) is 0 Å². The summed E-state index contributed by atoms with van der Waals surface area (Å²) in [4.78, 5) is 23.1. The lowest BCUT2D eigenvalue weighted by molar-refractivity contribution is 0.0949. The molecule has 1 N–H and O–H groups in total. The zero-order chi connectivity index (χ0) is 18.1. The molecule has 0 aliphatic rings. The smallest absolute Gasteiger partial charge is 0.270 e. The maximum absolute atomic E-state index is 12.9. The topological polar surface area (TPSA) is 58.1 Å². The highest BCUT2D eigenvalue weighted by molar-refractivity contribution is 5.92. The molecule has 134 valence electrons. The normalized spacial score (nSPS) is 10.5. The van der Waals surface area contributed by atoms with Crippen molar-refractivity contribution in [3.63, 3.8) is 0 Å². The Hall–Kier alpha value is -2.50. The van der Waals surface area contributed by atoms with E-state index in [9.17, 15) is 9.18 Å². The number of carbonyl (C=O) groups excluding carboxylic acids is 1. The average molecular weight is 344 g/mol. The largest absolute Gasteiger partial charge is 0.350 e. The predicted molar refractivity (Wildman–Crippen MR) is 97.3 cm³/mol. The molecule has 6 heteroatoms. The molecule has 0 bridgehead atoms. The van der Waals surface area contributed by atoms with Gasteiger partial charge in [-0.25, -0.2) is 14.4 Å². The average Bonchev–Trinajstić information content (AvgIpc) is 2.63. The first-order chi connectivity index (χ1) is 12.1. The molecular formula is C19H25FN4O. The third kappa shape index (κ3) is 5.81. The molecule has 0 aliphatic carbocycles. The van der Waals surface area contributed by atoms with E-state index in [0.717, 1.165) is 31.5 Å². The molecule has 2 aromatic rings. The maximum atomic E-state index is 12.9. The van der Waals surface area contributed by atoms with Crippen LogP contribution < -0.4 is 10.2 Å². The molecule has 0 aliphatic heterocycles. The third-order valence-corrected chi connectivity index (χ3v) is 3.76. The number of anilines is 1. The summed E-state index contributed by atoms with van der Waals surface area (Å²) in [6, 6.07) is 7.90. The zero-order valence-electron chi connectivity index (χ0n) is 14.8. The minimum Gasteiger partial charge on any atom is -0.350 e. The number of nitrogens with one attached hydrogen (secondary N) is 1. The van der Waals surface area contributed by atoms with Crippen LogP contribution in [0.2, 0.25) is 0 Å². The molecule has 0 saturated heterocycles. The Morgan fingerprint density at radius 2 is 1.80 bits per heavy atom. The second kappa shape index (κ2) is 9.71. The highest BCUT2D eigenvalue weighted by atomic mass is 19.1. The van der Waals surface area contributed by atoms with Crippen molar-refractivity contribution in [1.29, 1.82) is 0 Å². The van der Waals surface area contributed by atoms with E-state index in [1.165, 1.54) is 12.1 Å². The molecule has 1 amide bonds. The van der Waals surface area contributed by atoms with Gasteiger partial charge in [-0.15, -0.1) is 0 Å². The van der Waals surface area contributed by atoms with Gasteiger partial charge in [0.2, 0.25) is 5.95 Å². The lowest BCUT2D eigenvalue weighted by Crippen LogP contribution is -2.30. The van der Waals surface area contributed by atoms with Gasteiger partial charge in [-0.05, 0) is 43.0 Å². The fourth-order valence-electron chi connectivity index (χ4n) is 2.54. The van der Waals surface area contributed by atoms with Crippen molar-refractivity contribution in [3.8, 4) is 0 Å². The van der Waals surface area contributed by atoms with Crippen molar-refractivity contribution in [3.05, 3.63) is 53.6 Å². The Bertz CT molecular complexity index is 669. The summed E-state index contributed by atoms with van der Waals surface area (Å²) in [5.74, 6) is 0.110. The van der Waals surface area contributed by atoms with Crippen LogP contribution in [0.25, 0.3) is 0 Å². The second-order valence-corrected chi connectivity index (χ2v) is 5.86. The molecule has 0 spiro atoms. The quantitative estimate of drug-likeness (QED) is 0.759. The summed E-state index contributed by atoms with van der Waals surface area (Å²) in [6.45, 7) is 6.41. The molecule has 5 nitrogen and oxygen atoms in total. The van der Waals surface area contributed by atoms with E-state index in [1.54, 1.807) is 24.4 Å². The van der Waals surface area contributed by atoms with Gasteiger partial charge in [0.05, 0.1) is 0 Å². The Morgan fingerprint density at radius 3 is 2.44 bits per heavy atom. The third-order valence-electron chi connectivity index (χ3n) is 3.76. The van der Waals surface area contributed by atoms with Crippen molar-refractivity contribution >= 4 is 11.9 Å². The Labute approximate surface area is 148 Å². The summed E-state index contributed by atoms with van der Waals surface area (Å²) in [5, 5.41) is 2.85. The molecule has 25 heavy (non-hydrogen) atoms. The van der Waals surface area contributed by atoms with Gasteiger partial charge in [0.25, 0.3) is 5.91 Å². The van der Waals surface area contributed by atoms with E-state index >= 15 is 0 Å². The summed E-state index contributed by atoms with van der Waals surface area (Å²) in [6.07, 6.45) is 4.26. The van der Waals surface area contributed by atoms with Gasteiger partial charge in [0, 0.05) is 25.8 Å². The van der Waals surface area contributed by atoms with Gasteiger partial charge in [0.15, 0.2) is 0 Å². The number of hydrogen-bond acceptors (Lipinski definition) is 4. The van der Waals surface area contributed by atoms with Crippen molar-refractivity contribution in [2.75, 3.05) is 24.5 Å². The van der Waals surface area contributed by atoms with Gasteiger partial charge in [0.1, 0.15) is 11.5 Å². The van der Waals surface area contributed by atoms with Crippen LogP contribution in [0.4, 0.5) is 10.3 Å². The second-order valence-electron chi connectivity index (χ2n) is 5.86. The molecule has 0 atom stereocenters. The SMILES string of the molecule is CCCN(CCC)c1nccc(C(=O)NCCc2ccc(F)cc2)n1. The number of hydrogen-bond donors (Lipinski definition) is 1. The van der Waals surface area contributed by atoms with Crippen LogP contribution in [0.15, 0.2) is 36.5 Å². The molecule has 0 saturated carbocycles. The van der Waals surface area contributed by atoms with E-state index in [-0.39, 0.29) is 11.7 Å². The van der Waals surface area contributed by atoms with Crippen molar-refractivity contribution in [1.82, 2.24) is 15.3 Å². The van der Waals surface area contributed by atoms with Crippen LogP contribution in [0.5, 0.6) is 0 Å². The molecule has 0 radical (unpaired) electrons. The maximum Gasteiger partial charge on any atom is 0.270 e. The van der Waals surface area contributed by atoms with Crippen molar-refractivity contribution < 1.29 is 9.18 Å². The Balaban J connectivity index is 1.94. The minimum atomic E-state index is -0.259. The Morgan fingerprint density at radius 1 is 1.12 bits per heavy atom. The number of halogens is 1. The fourth-order valence-corrected chi connectivity index (χ4v) is 2.54. The lowest BCUT2D eigenvalue weighted by Gasteiger charge is -2.21.